The topological polar surface area (TPSA) is 55.6 Å². The van der Waals surface area contributed by atoms with E-state index in [1.165, 1.54) is 0 Å². The van der Waals surface area contributed by atoms with Gasteiger partial charge in [0.05, 0.1) is 6.04 Å². The zero-order valence-corrected chi connectivity index (χ0v) is 7.19. The molecule has 3 unspecified atom stereocenters. The molecule has 0 bridgehead atoms. The van der Waals surface area contributed by atoms with Gasteiger partial charge in [0.2, 0.25) is 0 Å². The van der Waals surface area contributed by atoms with Gasteiger partial charge in [-0.3, -0.25) is 0 Å². The van der Waals surface area contributed by atoms with Gasteiger partial charge in [0, 0.05) is 13.1 Å². The molecule has 2 fully saturated rings. The predicted octanol–water partition coefficient (Wildman–Crippen LogP) is 0.317. The van der Waals surface area contributed by atoms with Gasteiger partial charge < -0.3 is 15.4 Å². The number of likely N-dealkylation sites (N-methyl/N-ethyl adjacent to an activating group) is 1. The van der Waals surface area contributed by atoms with Gasteiger partial charge in [0.25, 0.3) is 0 Å². The van der Waals surface area contributed by atoms with E-state index >= 15 is 0 Å². The van der Waals surface area contributed by atoms with Crippen LogP contribution < -0.4 is 5.73 Å². The maximum Gasteiger partial charge on any atom is 0.410 e. The van der Waals surface area contributed by atoms with Crippen LogP contribution in [0.3, 0.4) is 0 Å². The van der Waals surface area contributed by atoms with Crippen molar-refractivity contribution in [2.45, 2.75) is 37.5 Å². The van der Waals surface area contributed by atoms with Crippen molar-refractivity contribution >= 4 is 6.09 Å². The fourth-order valence-corrected chi connectivity index (χ4v) is 2.04. The van der Waals surface area contributed by atoms with Crippen molar-refractivity contribution in [3.05, 3.63) is 0 Å². The van der Waals surface area contributed by atoms with Crippen LogP contribution in [0.4, 0.5) is 4.79 Å². The van der Waals surface area contributed by atoms with Crippen LogP contribution in [0.1, 0.15) is 19.3 Å². The number of carbonyl (C=O) groups is 1. The molecule has 3 atom stereocenters. The highest BCUT2D eigenvalue weighted by molar-refractivity contribution is 5.70. The van der Waals surface area contributed by atoms with E-state index in [4.69, 9.17) is 10.5 Å². The third-order valence-corrected chi connectivity index (χ3v) is 2.83. The Labute approximate surface area is 71.7 Å². The van der Waals surface area contributed by atoms with E-state index in [2.05, 4.69) is 0 Å². The Morgan fingerprint density at radius 3 is 3.08 bits per heavy atom. The first-order chi connectivity index (χ1) is 5.68. The maximum atomic E-state index is 11.1. The molecule has 1 aliphatic heterocycles. The van der Waals surface area contributed by atoms with Gasteiger partial charge in [-0.1, -0.05) is 0 Å². The molecule has 68 valence electrons. The highest BCUT2D eigenvalue weighted by atomic mass is 16.6. The van der Waals surface area contributed by atoms with Gasteiger partial charge in [0.1, 0.15) is 6.10 Å². The summed E-state index contributed by atoms with van der Waals surface area (Å²) >= 11 is 0. The normalized spacial score (nSPS) is 41.0. The van der Waals surface area contributed by atoms with Gasteiger partial charge >= 0.3 is 6.09 Å². The van der Waals surface area contributed by atoms with Crippen molar-refractivity contribution in [2.75, 3.05) is 7.05 Å². The molecule has 1 saturated heterocycles. The molecule has 12 heavy (non-hydrogen) atoms. The third kappa shape index (κ3) is 1.06. The molecule has 4 heteroatoms. The lowest BCUT2D eigenvalue weighted by molar-refractivity contribution is 0.109. The van der Waals surface area contributed by atoms with E-state index < -0.39 is 0 Å². The molecule has 2 N–H and O–H groups in total. The van der Waals surface area contributed by atoms with Crippen LogP contribution in [0.15, 0.2) is 0 Å². The van der Waals surface area contributed by atoms with Crippen molar-refractivity contribution < 1.29 is 9.53 Å². The second kappa shape index (κ2) is 2.62. The van der Waals surface area contributed by atoms with E-state index in [9.17, 15) is 4.79 Å². The monoisotopic (exact) mass is 170 g/mol. The summed E-state index contributed by atoms with van der Waals surface area (Å²) in [6, 6.07) is 0.462. The summed E-state index contributed by atoms with van der Waals surface area (Å²) in [6.07, 6.45) is 2.68. The molecule has 1 aliphatic carbocycles. The summed E-state index contributed by atoms with van der Waals surface area (Å²) in [5.74, 6) is 0. The molecule has 4 nitrogen and oxygen atoms in total. The molecule has 1 amide bonds. The number of nitrogens with zero attached hydrogens (tertiary/aromatic N) is 1. The number of nitrogens with two attached hydrogens (primary N) is 1. The van der Waals surface area contributed by atoms with Gasteiger partial charge in [-0.25, -0.2) is 4.79 Å². The molecule has 1 heterocycles. The summed E-state index contributed by atoms with van der Waals surface area (Å²) in [6.45, 7) is 0. The van der Waals surface area contributed by atoms with Crippen LogP contribution in [0.5, 0.6) is 0 Å². The maximum absolute atomic E-state index is 11.1. The number of carbonyl (C=O) groups excluding carboxylic acids is 1. The molecule has 0 spiro atoms. The van der Waals surface area contributed by atoms with Crippen molar-refractivity contribution in [1.82, 2.24) is 4.90 Å². The number of ether oxygens (including phenoxy) is 1. The van der Waals surface area contributed by atoms with E-state index in [0.717, 1.165) is 19.3 Å². The van der Waals surface area contributed by atoms with Gasteiger partial charge in [-0.05, 0) is 19.3 Å². The molecule has 0 aromatic carbocycles. The van der Waals surface area contributed by atoms with Gasteiger partial charge in [-0.15, -0.1) is 0 Å². The Balaban J connectivity index is 2.10. The van der Waals surface area contributed by atoms with Crippen LogP contribution in [0.25, 0.3) is 0 Å². The zero-order valence-electron chi connectivity index (χ0n) is 7.19. The first kappa shape index (κ1) is 7.86. The average Bonchev–Trinajstić information content (AvgIpc) is 2.31. The van der Waals surface area contributed by atoms with Crippen LogP contribution in [0.2, 0.25) is 0 Å². The highest BCUT2D eigenvalue weighted by Crippen LogP contribution is 2.29. The Bertz CT molecular complexity index is 207. The van der Waals surface area contributed by atoms with E-state index in [1.54, 1.807) is 11.9 Å². The zero-order chi connectivity index (χ0) is 8.72. The summed E-state index contributed by atoms with van der Waals surface area (Å²) in [7, 11) is 1.78. The number of amides is 1. The lowest BCUT2D eigenvalue weighted by atomic mass is 9.89. The molecule has 0 aromatic heterocycles. The Kier molecular flexibility index (Phi) is 1.72. The van der Waals surface area contributed by atoms with Crippen molar-refractivity contribution in [1.29, 1.82) is 0 Å². The molecule has 1 saturated carbocycles. The Hall–Kier alpha value is -0.770. The molecule has 0 aromatic rings. The third-order valence-electron chi connectivity index (χ3n) is 2.83. The number of hydrogen-bond donors (Lipinski definition) is 1. The van der Waals surface area contributed by atoms with E-state index in [1.807, 2.05) is 0 Å². The Morgan fingerprint density at radius 1 is 1.58 bits per heavy atom. The number of hydrogen-bond acceptors (Lipinski definition) is 3. The molecule has 2 rings (SSSR count). The standard InChI is InChI=1S/C8H14N2O2/c1-10-6-4-5(9)2-3-7(6)12-8(10)11/h5-7H,2-4,9H2,1H3. The van der Waals surface area contributed by atoms with Gasteiger partial charge in [0.15, 0.2) is 0 Å². The second-order valence-electron chi connectivity index (χ2n) is 3.67. The fourth-order valence-electron chi connectivity index (χ4n) is 2.04. The summed E-state index contributed by atoms with van der Waals surface area (Å²) < 4.78 is 5.16. The molecule has 2 aliphatic rings. The first-order valence-electron chi connectivity index (χ1n) is 4.37. The van der Waals surface area contributed by atoms with Crippen molar-refractivity contribution in [2.24, 2.45) is 5.73 Å². The fraction of sp³-hybridized carbons (Fsp3) is 0.875. The van der Waals surface area contributed by atoms with Gasteiger partial charge in [-0.2, -0.15) is 0 Å². The number of rotatable bonds is 0. The largest absolute Gasteiger partial charge is 0.444 e. The minimum Gasteiger partial charge on any atom is -0.444 e. The molecular formula is C8H14N2O2. The first-order valence-corrected chi connectivity index (χ1v) is 4.37. The highest BCUT2D eigenvalue weighted by Gasteiger charge is 2.42. The minimum atomic E-state index is -0.195. The minimum absolute atomic E-state index is 0.0994. The van der Waals surface area contributed by atoms with Crippen LogP contribution in [-0.2, 0) is 4.74 Å². The van der Waals surface area contributed by atoms with E-state index in [-0.39, 0.29) is 24.3 Å². The SMILES string of the molecule is CN1C(=O)OC2CCC(N)CC21. The smallest absolute Gasteiger partial charge is 0.410 e. The molecular weight excluding hydrogens is 156 g/mol. The quantitative estimate of drug-likeness (QED) is 0.569. The lowest BCUT2D eigenvalue weighted by Gasteiger charge is -2.29. The average molecular weight is 170 g/mol. The van der Waals surface area contributed by atoms with Crippen molar-refractivity contribution in [3.63, 3.8) is 0 Å². The predicted molar refractivity (Wildman–Crippen MR) is 43.6 cm³/mol. The van der Waals surface area contributed by atoms with Crippen LogP contribution in [-0.4, -0.2) is 36.2 Å². The molecule has 0 radical (unpaired) electrons. The van der Waals surface area contributed by atoms with E-state index in [0.29, 0.717) is 0 Å². The van der Waals surface area contributed by atoms with Crippen molar-refractivity contribution in [3.8, 4) is 0 Å². The number of fused-ring (bicyclic) bond motifs is 1. The van der Waals surface area contributed by atoms with Crippen LogP contribution >= 0.6 is 0 Å². The lowest BCUT2D eigenvalue weighted by Crippen LogP contribution is -2.43. The second-order valence-corrected chi connectivity index (χ2v) is 3.67. The Morgan fingerprint density at radius 2 is 2.33 bits per heavy atom. The summed E-state index contributed by atoms with van der Waals surface area (Å²) in [5.41, 5.74) is 5.80. The summed E-state index contributed by atoms with van der Waals surface area (Å²) in [5, 5.41) is 0. The van der Waals surface area contributed by atoms with Crippen LogP contribution in [0, 0.1) is 0 Å². The summed E-state index contributed by atoms with van der Waals surface area (Å²) in [4.78, 5) is 12.8.